The Hall–Kier alpha value is -1.69. The molecule has 6 nitrogen and oxygen atoms in total. The first-order chi connectivity index (χ1) is 8.63. The summed E-state index contributed by atoms with van der Waals surface area (Å²) < 4.78 is 5.45. The third-order valence-corrected chi connectivity index (χ3v) is 4.00. The van der Waals surface area contributed by atoms with Crippen LogP contribution in [0.1, 0.15) is 20.3 Å². The number of hydrogen-bond donors (Lipinski definition) is 2. The predicted molar refractivity (Wildman–Crippen MR) is 68.3 cm³/mol. The monoisotopic (exact) mass is 247 g/mol. The first kappa shape index (κ1) is 11.4. The van der Waals surface area contributed by atoms with Gasteiger partial charge in [-0.2, -0.15) is 0 Å². The first-order valence-electron chi connectivity index (χ1n) is 6.06. The zero-order valence-electron chi connectivity index (χ0n) is 10.8. The Morgan fingerprint density at radius 1 is 1.39 bits per heavy atom. The Kier molecular flexibility index (Phi) is 2.48. The summed E-state index contributed by atoms with van der Waals surface area (Å²) in [6, 6.07) is 0.351. The number of aromatic nitrogens is 4. The second-order valence-electron chi connectivity index (χ2n) is 5.30. The summed E-state index contributed by atoms with van der Waals surface area (Å²) >= 11 is 0. The Bertz CT molecular complexity index is 564. The van der Waals surface area contributed by atoms with Crippen molar-refractivity contribution >= 4 is 17.0 Å². The van der Waals surface area contributed by atoms with Crippen molar-refractivity contribution in [3.8, 4) is 0 Å². The van der Waals surface area contributed by atoms with E-state index in [1.54, 1.807) is 13.4 Å². The molecule has 2 heterocycles. The number of ether oxygens (including phenoxy) is 1. The fourth-order valence-corrected chi connectivity index (χ4v) is 2.57. The van der Waals surface area contributed by atoms with E-state index in [-0.39, 0.29) is 5.41 Å². The van der Waals surface area contributed by atoms with E-state index in [2.05, 4.69) is 39.1 Å². The lowest BCUT2D eigenvalue weighted by Gasteiger charge is -2.51. The van der Waals surface area contributed by atoms with Crippen LogP contribution in [0.4, 0.5) is 5.82 Å². The molecule has 2 N–H and O–H groups in total. The van der Waals surface area contributed by atoms with Gasteiger partial charge in [-0.25, -0.2) is 15.0 Å². The normalized spacial score (nSPS) is 25.9. The molecule has 2 aromatic rings. The van der Waals surface area contributed by atoms with Gasteiger partial charge in [0.2, 0.25) is 0 Å². The molecule has 2 aromatic heterocycles. The number of rotatable bonds is 3. The highest BCUT2D eigenvalue weighted by Gasteiger charge is 2.48. The second-order valence-corrected chi connectivity index (χ2v) is 5.30. The fraction of sp³-hybridized carbons (Fsp3) is 0.583. The minimum absolute atomic E-state index is 0.103. The van der Waals surface area contributed by atoms with Crippen molar-refractivity contribution in [2.45, 2.75) is 32.4 Å². The maximum Gasteiger partial charge on any atom is 0.182 e. The number of H-pyrrole nitrogens is 1. The van der Waals surface area contributed by atoms with Crippen LogP contribution in [0.2, 0.25) is 0 Å². The molecule has 1 aliphatic carbocycles. The number of hydrogen-bond acceptors (Lipinski definition) is 5. The molecule has 6 heteroatoms. The molecule has 0 spiro atoms. The number of methoxy groups -OCH3 is 1. The molecule has 96 valence electrons. The van der Waals surface area contributed by atoms with Crippen molar-refractivity contribution < 1.29 is 4.74 Å². The maximum absolute atomic E-state index is 5.45. The summed E-state index contributed by atoms with van der Waals surface area (Å²) in [5, 5.41) is 3.46. The summed E-state index contributed by atoms with van der Waals surface area (Å²) in [6.45, 7) is 4.40. The minimum Gasteiger partial charge on any atom is -0.381 e. The highest BCUT2D eigenvalue weighted by molar-refractivity contribution is 5.82. The number of nitrogens with one attached hydrogen (secondary N) is 2. The zero-order chi connectivity index (χ0) is 12.8. The summed E-state index contributed by atoms with van der Waals surface area (Å²) in [5.74, 6) is 0.810. The fourth-order valence-electron chi connectivity index (χ4n) is 2.57. The van der Waals surface area contributed by atoms with Crippen LogP contribution in [0.3, 0.4) is 0 Å². The van der Waals surface area contributed by atoms with Gasteiger partial charge >= 0.3 is 0 Å². The predicted octanol–water partition coefficient (Wildman–Crippen LogP) is 1.58. The van der Waals surface area contributed by atoms with Gasteiger partial charge in [0, 0.05) is 18.6 Å². The Labute approximate surface area is 105 Å². The number of imidazole rings is 1. The Morgan fingerprint density at radius 2 is 2.22 bits per heavy atom. The van der Waals surface area contributed by atoms with E-state index in [1.807, 2.05) is 0 Å². The molecule has 0 aromatic carbocycles. The number of nitrogens with zero attached hydrogens (tertiary/aromatic N) is 3. The zero-order valence-corrected chi connectivity index (χ0v) is 10.8. The van der Waals surface area contributed by atoms with Gasteiger partial charge in [0.25, 0.3) is 0 Å². The molecule has 18 heavy (non-hydrogen) atoms. The number of fused-ring (bicyclic) bond motifs is 1. The smallest absolute Gasteiger partial charge is 0.182 e. The molecule has 1 aliphatic rings. The summed E-state index contributed by atoms with van der Waals surface area (Å²) in [6.07, 6.45) is 4.46. The molecular formula is C12H17N5O. The lowest BCUT2D eigenvalue weighted by atomic mass is 9.64. The molecule has 3 rings (SSSR count). The molecule has 1 fully saturated rings. The van der Waals surface area contributed by atoms with Crippen LogP contribution in [-0.4, -0.2) is 39.2 Å². The van der Waals surface area contributed by atoms with Crippen LogP contribution in [0.15, 0.2) is 12.7 Å². The van der Waals surface area contributed by atoms with E-state index in [1.165, 1.54) is 6.33 Å². The lowest BCUT2D eigenvalue weighted by molar-refractivity contribution is -0.0795. The highest BCUT2D eigenvalue weighted by Crippen LogP contribution is 2.44. The third kappa shape index (κ3) is 1.56. The standard InChI is InChI=1S/C12H17N5O/c1-12(2)7(4-8(12)18-3)17-11-9-10(14-5-13-9)15-6-16-11/h5-8H,4H2,1-3H3,(H2,13,14,15,16,17). The van der Waals surface area contributed by atoms with E-state index in [0.29, 0.717) is 17.8 Å². The van der Waals surface area contributed by atoms with E-state index < -0.39 is 0 Å². The van der Waals surface area contributed by atoms with Crippen molar-refractivity contribution in [2.24, 2.45) is 5.41 Å². The number of anilines is 1. The largest absolute Gasteiger partial charge is 0.381 e. The summed E-state index contributed by atoms with van der Waals surface area (Å²) in [4.78, 5) is 15.6. The molecule has 0 amide bonds. The van der Waals surface area contributed by atoms with E-state index in [0.717, 1.165) is 17.8 Å². The molecule has 2 unspecified atom stereocenters. The lowest BCUT2D eigenvalue weighted by Crippen LogP contribution is -2.57. The van der Waals surface area contributed by atoms with Crippen molar-refractivity contribution in [3.05, 3.63) is 12.7 Å². The Balaban J connectivity index is 1.84. The molecular weight excluding hydrogens is 230 g/mol. The van der Waals surface area contributed by atoms with Crippen molar-refractivity contribution in [1.82, 2.24) is 19.9 Å². The molecule has 2 atom stereocenters. The molecule has 0 aliphatic heterocycles. The highest BCUT2D eigenvalue weighted by atomic mass is 16.5. The van der Waals surface area contributed by atoms with E-state index in [9.17, 15) is 0 Å². The maximum atomic E-state index is 5.45. The van der Waals surface area contributed by atoms with Crippen molar-refractivity contribution in [2.75, 3.05) is 12.4 Å². The van der Waals surface area contributed by atoms with Gasteiger partial charge in [0.1, 0.15) is 11.8 Å². The van der Waals surface area contributed by atoms with Gasteiger partial charge in [-0.05, 0) is 6.42 Å². The SMILES string of the molecule is COC1CC(Nc2ncnc3nc[nH]c23)C1(C)C. The molecule has 0 bridgehead atoms. The van der Waals surface area contributed by atoms with Crippen LogP contribution in [0.5, 0.6) is 0 Å². The first-order valence-corrected chi connectivity index (χ1v) is 6.06. The van der Waals surface area contributed by atoms with Gasteiger partial charge in [-0.15, -0.1) is 0 Å². The number of aromatic amines is 1. The summed E-state index contributed by atoms with van der Waals surface area (Å²) in [5.41, 5.74) is 1.65. The van der Waals surface area contributed by atoms with Crippen LogP contribution < -0.4 is 5.32 Å². The molecule has 0 saturated heterocycles. The van der Waals surface area contributed by atoms with Crippen LogP contribution in [-0.2, 0) is 4.74 Å². The van der Waals surface area contributed by atoms with Crippen molar-refractivity contribution in [3.63, 3.8) is 0 Å². The van der Waals surface area contributed by atoms with Gasteiger partial charge in [0.05, 0.1) is 12.4 Å². The molecule has 1 saturated carbocycles. The van der Waals surface area contributed by atoms with Gasteiger partial charge < -0.3 is 15.0 Å². The van der Waals surface area contributed by atoms with Crippen molar-refractivity contribution in [1.29, 1.82) is 0 Å². The van der Waals surface area contributed by atoms with Crippen LogP contribution in [0, 0.1) is 5.41 Å². The van der Waals surface area contributed by atoms with Gasteiger partial charge in [0.15, 0.2) is 11.5 Å². The summed E-state index contributed by atoms with van der Waals surface area (Å²) in [7, 11) is 1.76. The third-order valence-electron chi connectivity index (χ3n) is 4.00. The second kappa shape index (κ2) is 3.91. The minimum atomic E-state index is 0.103. The van der Waals surface area contributed by atoms with E-state index >= 15 is 0 Å². The average Bonchev–Trinajstić information content (AvgIpc) is 2.82. The average molecular weight is 247 g/mol. The quantitative estimate of drug-likeness (QED) is 0.861. The van der Waals surface area contributed by atoms with Gasteiger partial charge in [-0.1, -0.05) is 13.8 Å². The molecule has 0 radical (unpaired) electrons. The van der Waals surface area contributed by atoms with Crippen LogP contribution >= 0.6 is 0 Å². The van der Waals surface area contributed by atoms with E-state index in [4.69, 9.17) is 4.74 Å². The Morgan fingerprint density at radius 3 is 2.94 bits per heavy atom. The van der Waals surface area contributed by atoms with Crippen LogP contribution in [0.25, 0.3) is 11.2 Å². The van der Waals surface area contributed by atoms with Gasteiger partial charge in [-0.3, -0.25) is 0 Å². The topological polar surface area (TPSA) is 75.7 Å².